The Morgan fingerprint density at radius 2 is 2.31 bits per heavy atom. The smallest absolute Gasteiger partial charge is 0.159 e. The molecule has 66 valence electrons. The van der Waals surface area contributed by atoms with Crippen LogP contribution in [0.2, 0.25) is 5.02 Å². The van der Waals surface area contributed by atoms with Gasteiger partial charge in [-0.1, -0.05) is 11.6 Å². The third kappa shape index (κ3) is 1.40. The molecule has 0 aliphatic rings. The molecule has 0 amide bonds. The fourth-order valence-corrected chi connectivity index (χ4v) is 1.30. The summed E-state index contributed by atoms with van der Waals surface area (Å²) in [6, 6.07) is 1.81. The van der Waals surface area contributed by atoms with Crippen LogP contribution in [0.4, 0.5) is 0 Å². The number of hydrogen-bond acceptors (Lipinski definition) is 3. The van der Waals surface area contributed by atoms with Crippen molar-refractivity contribution in [1.82, 2.24) is 19.7 Å². The molecule has 13 heavy (non-hydrogen) atoms. The van der Waals surface area contributed by atoms with E-state index in [1.165, 1.54) is 6.33 Å². The van der Waals surface area contributed by atoms with Crippen molar-refractivity contribution in [1.29, 1.82) is 0 Å². The summed E-state index contributed by atoms with van der Waals surface area (Å²) in [7, 11) is 1.82. The fraction of sp³-hybridized carbons (Fsp3) is 0.125. The Bertz CT molecular complexity index is 424. The average molecular weight is 195 g/mol. The number of aromatic nitrogens is 4. The molecule has 2 aromatic rings. The van der Waals surface area contributed by atoms with Gasteiger partial charge in [0.15, 0.2) is 5.82 Å². The summed E-state index contributed by atoms with van der Waals surface area (Å²) in [5, 5.41) is 4.54. The minimum absolute atomic E-state index is 0.582. The summed E-state index contributed by atoms with van der Waals surface area (Å²) in [5.74, 6) is 0.743. The lowest BCUT2D eigenvalue weighted by Crippen LogP contribution is -1.94. The summed E-state index contributed by atoms with van der Waals surface area (Å²) in [6.07, 6.45) is 4.76. The molecule has 0 fully saturated rings. The molecule has 0 radical (unpaired) electrons. The highest BCUT2D eigenvalue weighted by molar-refractivity contribution is 6.33. The third-order valence-corrected chi connectivity index (χ3v) is 2.03. The van der Waals surface area contributed by atoms with Crippen LogP contribution in [0, 0.1) is 0 Å². The lowest BCUT2D eigenvalue weighted by Gasteiger charge is -2.00. The molecule has 0 bridgehead atoms. The Balaban J connectivity index is 2.59. The van der Waals surface area contributed by atoms with Crippen molar-refractivity contribution < 1.29 is 0 Å². The maximum atomic E-state index is 5.94. The minimum atomic E-state index is 0.582. The van der Waals surface area contributed by atoms with Gasteiger partial charge in [0.05, 0.1) is 5.02 Å². The van der Waals surface area contributed by atoms with Gasteiger partial charge in [0, 0.05) is 25.0 Å². The fourth-order valence-electron chi connectivity index (χ4n) is 1.10. The van der Waals surface area contributed by atoms with Crippen molar-refractivity contribution in [2.75, 3.05) is 0 Å². The molecule has 0 N–H and O–H groups in total. The molecule has 4 nitrogen and oxygen atoms in total. The lowest BCUT2D eigenvalue weighted by atomic mass is 10.2. The van der Waals surface area contributed by atoms with E-state index in [4.69, 9.17) is 11.6 Å². The Kier molecular flexibility index (Phi) is 1.98. The van der Waals surface area contributed by atoms with Crippen LogP contribution < -0.4 is 0 Å². The second kappa shape index (κ2) is 3.14. The van der Waals surface area contributed by atoms with Gasteiger partial charge in [-0.05, 0) is 6.07 Å². The van der Waals surface area contributed by atoms with Crippen LogP contribution >= 0.6 is 11.6 Å². The van der Waals surface area contributed by atoms with Crippen LogP contribution in [0.15, 0.2) is 24.8 Å². The van der Waals surface area contributed by atoms with E-state index in [0.29, 0.717) is 5.02 Å². The van der Waals surface area contributed by atoms with Crippen LogP contribution in [-0.4, -0.2) is 19.7 Å². The molecule has 0 aliphatic carbocycles. The van der Waals surface area contributed by atoms with Crippen molar-refractivity contribution in [3.8, 4) is 11.4 Å². The largest absolute Gasteiger partial charge is 0.263 e. The van der Waals surface area contributed by atoms with Gasteiger partial charge in [0.25, 0.3) is 0 Å². The number of pyridine rings is 1. The molecule has 2 rings (SSSR count). The molecule has 0 aromatic carbocycles. The molecule has 0 saturated carbocycles. The van der Waals surface area contributed by atoms with Gasteiger partial charge >= 0.3 is 0 Å². The molecule has 0 unspecified atom stereocenters. The van der Waals surface area contributed by atoms with E-state index in [9.17, 15) is 0 Å². The van der Waals surface area contributed by atoms with E-state index in [0.717, 1.165) is 11.4 Å². The molecule has 2 heterocycles. The first kappa shape index (κ1) is 8.19. The van der Waals surface area contributed by atoms with Crippen LogP contribution in [0.5, 0.6) is 0 Å². The van der Waals surface area contributed by atoms with Gasteiger partial charge in [-0.3, -0.25) is 4.98 Å². The number of hydrogen-bond donors (Lipinski definition) is 0. The Morgan fingerprint density at radius 3 is 2.92 bits per heavy atom. The molecule has 2 aromatic heterocycles. The predicted octanol–water partition coefficient (Wildman–Crippen LogP) is 1.53. The van der Waals surface area contributed by atoms with Gasteiger partial charge in [-0.25, -0.2) is 9.67 Å². The standard InChI is InChI=1S/C8H7ClN4/c1-13-8(11-5-12-13)6-2-3-10-4-7(6)9/h2-5H,1H3. The van der Waals surface area contributed by atoms with Gasteiger partial charge in [-0.2, -0.15) is 5.10 Å². The second-order valence-corrected chi connectivity index (χ2v) is 2.97. The van der Waals surface area contributed by atoms with E-state index >= 15 is 0 Å². The maximum absolute atomic E-state index is 5.94. The van der Waals surface area contributed by atoms with E-state index in [-0.39, 0.29) is 0 Å². The zero-order valence-electron chi connectivity index (χ0n) is 6.98. The predicted molar refractivity (Wildman–Crippen MR) is 49.2 cm³/mol. The SMILES string of the molecule is Cn1ncnc1-c1ccncc1Cl. The third-order valence-electron chi connectivity index (χ3n) is 1.72. The van der Waals surface area contributed by atoms with Gasteiger partial charge in [0.2, 0.25) is 0 Å². The van der Waals surface area contributed by atoms with E-state index in [2.05, 4.69) is 15.1 Å². The van der Waals surface area contributed by atoms with Crippen LogP contribution in [0.3, 0.4) is 0 Å². The molecular weight excluding hydrogens is 188 g/mol. The monoisotopic (exact) mass is 194 g/mol. The van der Waals surface area contributed by atoms with Gasteiger partial charge in [-0.15, -0.1) is 0 Å². The number of nitrogens with zero attached hydrogens (tertiary/aromatic N) is 4. The summed E-state index contributed by atoms with van der Waals surface area (Å²) in [6.45, 7) is 0. The van der Waals surface area contributed by atoms with Crippen molar-refractivity contribution >= 4 is 11.6 Å². The Hall–Kier alpha value is -1.42. The van der Waals surface area contributed by atoms with Gasteiger partial charge in [0.1, 0.15) is 6.33 Å². The Morgan fingerprint density at radius 1 is 1.46 bits per heavy atom. The highest BCUT2D eigenvalue weighted by Crippen LogP contribution is 2.23. The first-order valence-electron chi connectivity index (χ1n) is 3.73. The number of halogens is 1. The van der Waals surface area contributed by atoms with Crippen molar-refractivity contribution in [2.45, 2.75) is 0 Å². The van der Waals surface area contributed by atoms with Crippen LogP contribution in [0.25, 0.3) is 11.4 Å². The van der Waals surface area contributed by atoms with Crippen molar-refractivity contribution in [3.63, 3.8) is 0 Å². The molecule has 5 heteroatoms. The number of rotatable bonds is 1. The topological polar surface area (TPSA) is 43.6 Å². The first-order chi connectivity index (χ1) is 6.29. The summed E-state index contributed by atoms with van der Waals surface area (Å²) in [4.78, 5) is 7.98. The molecular formula is C8H7ClN4. The quantitative estimate of drug-likeness (QED) is 0.692. The maximum Gasteiger partial charge on any atom is 0.159 e. The van der Waals surface area contributed by atoms with Crippen molar-refractivity contribution in [3.05, 3.63) is 29.8 Å². The molecule has 0 spiro atoms. The van der Waals surface area contributed by atoms with E-state index in [1.807, 2.05) is 13.1 Å². The molecule has 0 aliphatic heterocycles. The van der Waals surface area contributed by atoms with Crippen LogP contribution in [0.1, 0.15) is 0 Å². The average Bonchev–Trinajstić information content (AvgIpc) is 2.52. The zero-order valence-corrected chi connectivity index (χ0v) is 7.73. The normalized spacial score (nSPS) is 10.3. The zero-order chi connectivity index (χ0) is 9.26. The second-order valence-electron chi connectivity index (χ2n) is 2.56. The summed E-state index contributed by atoms with van der Waals surface area (Å²) in [5.41, 5.74) is 0.844. The van der Waals surface area contributed by atoms with Crippen LogP contribution in [-0.2, 0) is 7.05 Å². The van der Waals surface area contributed by atoms with E-state index < -0.39 is 0 Å². The summed E-state index contributed by atoms with van der Waals surface area (Å²) < 4.78 is 1.67. The molecule has 0 atom stereocenters. The summed E-state index contributed by atoms with van der Waals surface area (Å²) >= 11 is 5.94. The number of aryl methyl sites for hydroxylation is 1. The molecule has 0 saturated heterocycles. The highest BCUT2D eigenvalue weighted by atomic mass is 35.5. The highest BCUT2D eigenvalue weighted by Gasteiger charge is 2.07. The van der Waals surface area contributed by atoms with E-state index in [1.54, 1.807) is 17.1 Å². The lowest BCUT2D eigenvalue weighted by molar-refractivity contribution is 0.774. The van der Waals surface area contributed by atoms with Crippen molar-refractivity contribution in [2.24, 2.45) is 7.05 Å². The first-order valence-corrected chi connectivity index (χ1v) is 4.10. The Labute approximate surface area is 80.2 Å². The minimum Gasteiger partial charge on any atom is -0.263 e. The van der Waals surface area contributed by atoms with Gasteiger partial charge < -0.3 is 0 Å².